The summed E-state index contributed by atoms with van der Waals surface area (Å²) in [5.74, 6) is -1.29. The van der Waals surface area contributed by atoms with Gasteiger partial charge in [0.15, 0.2) is 12.4 Å². The minimum absolute atomic E-state index is 0.171. The molecule has 1 amide bonds. The Morgan fingerprint density at radius 3 is 2.74 bits per heavy atom. The summed E-state index contributed by atoms with van der Waals surface area (Å²) in [6.07, 6.45) is 0. The third-order valence-electron chi connectivity index (χ3n) is 2.55. The van der Waals surface area contributed by atoms with E-state index in [-0.39, 0.29) is 17.1 Å². The van der Waals surface area contributed by atoms with Crippen LogP contribution in [-0.2, 0) is 9.53 Å². The van der Waals surface area contributed by atoms with Crippen molar-refractivity contribution in [1.82, 2.24) is 5.16 Å². The molecule has 0 aliphatic rings. The number of benzene rings is 1. The van der Waals surface area contributed by atoms with Crippen molar-refractivity contribution in [3.8, 4) is 5.75 Å². The van der Waals surface area contributed by atoms with E-state index in [4.69, 9.17) is 9.26 Å². The quantitative estimate of drug-likeness (QED) is 0.820. The molecule has 0 fully saturated rings. The molecule has 2 rings (SSSR count). The highest BCUT2D eigenvalue weighted by atomic mass is 19.3. The first-order valence-corrected chi connectivity index (χ1v) is 6.40. The van der Waals surface area contributed by atoms with Crippen molar-refractivity contribution in [1.29, 1.82) is 0 Å². The van der Waals surface area contributed by atoms with Gasteiger partial charge in [0.1, 0.15) is 17.1 Å². The van der Waals surface area contributed by atoms with Crippen molar-refractivity contribution in [3.05, 3.63) is 41.7 Å². The average molecular weight is 326 g/mol. The number of anilines is 1. The second-order valence-corrected chi connectivity index (χ2v) is 4.32. The van der Waals surface area contributed by atoms with Gasteiger partial charge in [-0.05, 0) is 19.1 Å². The number of carbonyl (C=O) groups is 2. The first-order chi connectivity index (χ1) is 11.0. The fourth-order valence-corrected chi connectivity index (χ4v) is 1.65. The lowest BCUT2D eigenvalue weighted by molar-refractivity contribution is -0.119. The second kappa shape index (κ2) is 7.34. The predicted molar refractivity (Wildman–Crippen MR) is 73.2 cm³/mol. The molecule has 0 radical (unpaired) electrons. The van der Waals surface area contributed by atoms with Gasteiger partial charge in [0.2, 0.25) is 0 Å². The molecule has 1 aromatic carbocycles. The Hall–Kier alpha value is -2.97. The standard InChI is InChI=1S/C14H12F2N2O5/c1-8-6-11(18-23-8)17-12(19)7-21-13(20)9-4-2-3-5-10(9)22-14(15)16/h2-6,14H,7H2,1H3,(H,17,18,19). The van der Waals surface area contributed by atoms with E-state index >= 15 is 0 Å². The van der Waals surface area contributed by atoms with Crippen molar-refractivity contribution >= 4 is 17.7 Å². The van der Waals surface area contributed by atoms with Crippen LogP contribution in [0, 0.1) is 6.92 Å². The lowest BCUT2D eigenvalue weighted by Crippen LogP contribution is -2.21. The Balaban J connectivity index is 1.93. The van der Waals surface area contributed by atoms with Gasteiger partial charge in [-0.2, -0.15) is 8.78 Å². The molecule has 0 unspecified atom stereocenters. The Morgan fingerprint density at radius 2 is 2.09 bits per heavy atom. The smallest absolute Gasteiger partial charge is 0.387 e. The summed E-state index contributed by atoms with van der Waals surface area (Å²) in [6, 6.07) is 6.80. The van der Waals surface area contributed by atoms with Gasteiger partial charge in [0.25, 0.3) is 5.91 Å². The van der Waals surface area contributed by atoms with Crippen LogP contribution in [0.25, 0.3) is 0 Å². The van der Waals surface area contributed by atoms with Gasteiger partial charge in [-0.15, -0.1) is 0 Å². The van der Waals surface area contributed by atoms with Gasteiger partial charge in [-0.25, -0.2) is 4.79 Å². The van der Waals surface area contributed by atoms with Crippen LogP contribution in [0.15, 0.2) is 34.9 Å². The molecule has 2 aromatic rings. The van der Waals surface area contributed by atoms with Crippen molar-refractivity contribution in [2.24, 2.45) is 0 Å². The van der Waals surface area contributed by atoms with Crippen LogP contribution in [0.5, 0.6) is 5.75 Å². The molecule has 122 valence electrons. The number of aryl methyl sites for hydroxylation is 1. The molecule has 1 N–H and O–H groups in total. The average Bonchev–Trinajstić information content (AvgIpc) is 2.90. The van der Waals surface area contributed by atoms with E-state index in [9.17, 15) is 18.4 Å². The lowest BCUT2D eigenvalue weighted by Gasteiger charge is -2.10. The van der Waals surface area contributed by atoms with Crippen molar-refractivity contribution in [2.45, 2.75) is 13.5 Å². The summed E-state index contributed by atoms with van der Waals surface area (Å²) in [7, 11) is 0. The van der Waals surface area contributed by atoms with E-state index in [1.54, 1.807) is 6.92 Å². The molecule has 0 bridgehead atoms. The van der Waals surface area contributed by atoms with Crippen LogP contribution in [0.1, 0.15) is 16.1 Å². The summed E-state index contributed by atoms with van der Waals surface area (Å²) in [5, 5.41) is 5.88. The number of aromatic nitrogens is 1. The van der Waals surface area contributed by atoms with Gasteiger partial charge >= 0.3 is 12.6 Å². The molecule has 0 atom stereocenters. The highest BCUT2D eigenvalue weighted by Crippen LogP contribution is 2.21. The highest BCUT2D eigenvalue weighted by molar-refractivity contribution is 5.96. The number of carbonyl (C=O) groups excluding carboxylic acids is 2. The van der Waals surface area contributed by atoms with E-state index in [0.29, 0.717) is 5.76 Å². The van der Waals surface area contributed by atoms with E-state index in [2.05, 4.69) is 15.2 Å². The molecule has 0 saturated carbocycles. The van der Waals surface area contributed by atoms with Crippen molar-refractivity contribution in [3.63, 3.8) is 0 Å². The maximum atomic E-state index is 12.3. The Morgan fingerprint density at radius 1 is 1.35 bits per heavy atom. The third kappa shape index (κ3) is 4.77. The number of esters is 1. The van der Waals surface area contributed by atoms with Gasteiger partial charge in [0.05, 0.1) is 0 Å². The van der Waals surface area contributed by atoms with Crippen LogP contribution < -0.4 is 10.1 Å². The molecule has 0 aliphatic heterocycles. The topological polar surface area (TPSA) is 90.7 Å². The molecule has 1 aromatic heterocycles. The van der Waals surface area contributed by atoms with Crippen LogP contribution in [0.4, 0.5) is 14.6 Å². The minimum atomic E-state index is -3.08. The molecule has 7 nitrogen and oxygen atoms in total. The van der Waals surface area contributed by atoms with Crippen LogP contribution in [-0.4, -0.2) is 30.3 Å². The first kappa shape index (κ1) is 16.4. The van der Waals surface area contributed by atoms with Gasteiger partial charge in [-0.3, -0.25) is 4.79 Å². The van der Waals surface area contributed by atoms with Gasteiger partial charge < -0.3 is 19.3 Å². The number of hydrogen-bond acceptors (Lipinski definition) is 6. The lowest BCUT2D eigenvalue weighted by atomic mass is 10.2. The van der Waals surface area contributed by atoms with Gasteiger partial charge in [0, 0.05) is 6.07 Å². The summed E-state index contributed by atoms with van der Waals surface area (Å²) in [6.45, 7) is -2.06. The SMILES string of the molecule is Cc1cc(NC(=O)COC(=O)c2ccccc2OC(F)F)no1. The number of para-hydroxylation sites is 1. The largest absolute Gasteiger partial charge is 0.452 e. The predicted octanol–water partition coefficient (Wildman–Crippen LogP) is 2.38. The second-order valence-electron chi connectivity index (χ2n) is 4.32. The van der Waals surface area contributed by atoms with Crippen LogP contribution in [0.2, 0.25) is 0 Å². The summed E-state index contributed by atoms with van der Waals surface area (Å²) in [5.41, 5.74) is -0.210. The molecule has 0 aliphatic carbocycles. The molecular formula is C14H12F2N2O5. The number of halogens is 2. The minimum Gasteiger partial charge on any atom is -0.452 e. The van der Waals surface area contributed by atoms with E-state index < -0.39 is 25.1 Å². The van der Waals surface area contributed by atoms with Crippen LogP contribution in [0.3, 0.4) is 0 Å². The van der Waals surface area contributed by atoms with E-state index in [0.717, 1.165) is 0 Å². The fraction of sp³-hybridized carbons (Fsp3) is 0.214. The molecule has 9 heteroatoms. The molecule has 0 saturated heterocycles. The van der Waals surface area contributed by atoms with Crippen LogP contribution >= 0.6 is 0 Å². The molecule has 0 spiro atoms. The zero-order chi connectivity index (χ0) is 16.8. The summed E-state index contributed by atoms with van der Waals surface area (Å²) >= 11 is 0. The number of nitrogens with zero attached hydrogens (tertiary/aromatic N) is 1. The number of rotatable bonds is 6. The van der Waals surface area contributed by atoms with Crippen molar-refractivity contribution in [2.75, 3.05) is 11.9 Å². The first-order valence-electron chi connectivity index (χ1n) is 6.40. The number of alkyl halides is 2. The zero-order valence-electron chi connectivity index (χ0n) is 11.9. The Labute approximate surface area is 129 Å². The van der Waals surface area contributed by atoms with Crippen molar-refractivity contribution < 1.29 is 32.4 Å². The molecule has 23 heavy (non-hydrogen) atoms. The maximum absolute atomic E-state index is 12.3. The van der Waals surface area contributed by atoms with E-state index in [1.165, 1.54) is 30.3 Å². The monoisotopic (exact) mass is 326 g/mol. The number of amides is 1. The number of ether oxygens (including phenoxy) is 2. The fourth-order valence-electron chi connectivity index (χ4n) is 1.65. The molecule has 1 heterocycles. The normalized spacial score (nSPS) is 10.4. The highest BCUT2D eigenvalue weighted by Gasteiger charge is 2.18. The third-order valence-corrected chi connectivity index (χ3v) is 2.55. The zero-order valence-corrected chi connectivity index (χ0v) is 11.9. The Bertz CT molecular complexity index is 702. The molecular weight excluding hydrogens is 314 g/mol. The summed E-state index contributed by atoms with van der Waals surface area (Å²) in [4.78, 5) is 23.4. The Kier molecular flexibility index (Phi) is 5.23. The number of hydrogen-bond donors (Lipinski definition) is 1. The number of nitrogens with one attached hydrogen (secondary N) is 1. The van der Waals surface area contributed by atoms with Gasteiger partial charge in [-0.1, -0.05) is 17.3 Å². The maximum Gasteiger partial charge on any atom is 0.387 e. The van der Waals surface area contributed by atoms with E-state index in [1.807, 2.05) is 0 Å². The summed E-state index contributed by atoms with van der Waals surface area (Å²) < 4.78 is 38.3.